The Kier molecular flexibility index (Phi) is 6.98. The normalized spacial score (nSPS) is 15.7. The molecule has 2 aromatic rings. The van der Waals surface area contributed by atoms with Crippen LogP contribution in [0.1, 0.15) is 36.4 Å². The fourth-order valence-electron chi connectivity index (χ4n) is 3.87. The number of carbonyl (C=O) groups is 1. The molecule has 30 heavy (non-hydrogen) atoms. The lowest BCUT2D eigenvalue weighted by atomic mass is 10.1. The monoisotopic (exact) mass is 432 g/mol. The van der Waals surface area contributed by atoms with Gasteiger partial charge in [0.1, 0.15) is 0 Å². The largest absolute Gasteiger partial charge is 0.340 e. The molecule has 0 radical (unpaired) electrons. The molecule has 1 aliphatic rings. The highest BCUT2D eigenvalue weighted by atomic mass is 32.2. The van der Waals surface area contributed by atoms with Gasteiger partial charge in [0.25, 0.3) is 0 Å². The highest BCUT2D eigenvalue weighted by molar-refractivity contribution is 7.88. The summed E-state index contributed by atoms with van der Waals surface area (Å²) in [5, 5.41) is 4.59. The standard InChI is InChI=1S/C22H32N4O3S/c1-17(2)15-26-19(4)21(18(3)23-26)14-22(27)24-10-12-25(13-11-24)30(28,29)16-20-8-6-5-7-9-20/h5-9,17H,10-16H2,1-4H3. The molecule has 2 heterocycles. The van der Waals surface area contributed by atoms with Crippen molar-refractivity contribution < 1.29 is 13.2 Å². The van der Waals surface area contributed by atoms with Crippen LogP contribution in [-0.2, 0) is 33.5 Å². The van der Waals surface area contributed by atoms with E-state index in [1.807, 2.05) is 48.9 Å². The number of carbonyl (C=O) groups excluding carboxylic acids is 1. The van der Waals surface area contributed by atoms with E-state index in [-0.39, 0.29) is 11.7 Å². The van der Waals surface area contributed by atoms with Gasteiger partial charge in [0.2, 0.25) is 15.9 Å². The summed E-state index contributed by atoms with van der Waals surface area (Å²) in [5.74, 6) is 0.512. The second-order valence-electron chi connectivity index (χ2n) is 8.42. The number of piperazine rings is 1. The molecule has 0 atom stereocenters. The van der Waals surface area contributed by atoms with Crippen molar-refractivity contribution in [2.75, 3.05) is 26.2 Å². The predicted molar refractivity (Wildman–Crippen MR) is 117 cm³/mol. The smallest absolute Gasteiger partial charge is 0.227 e. The fraction of sp³-hybridized carbons (Fsp3) is 0.545. The molecule has 164 valence electrons. The first-order chi connectivity index (χ1) is 14.2. The van der Waals surface area contributed by atoms with Crippen LogP contribution < -0.4 is 0 Å². The molecule has 1 fully saturated rings. The molecule has 0 N–H and O–H groups in total. The molecule has 0 spiro atoms. The Morgan fingerprint density at radius 2 is 1.70 bits per heavy atom. The summed E-state index contributed by atoms with van der Waals surface area (Å²) in [4.78, 5) is 14.6. The molecule has 1 aliphatic heterocycles. The maximum atomic E-state index is 12.9. The first-order valence-electron chi connectivity index (χ1n) is 10.5. The Hall–Kier alpha value is -2.19. The van der Waals surface area contributed by atoms with E-state index >= 15 is 0 Å². The number of amides is 1. The summed E-state index contributed by atoms with van der Waals surface area (Å²) in [6.07, 6.45) is 0.312. The number of aryl methyl sites for hydroxylation is 1. The van der Waals surface area contributed by atoms with Crippen molar-refractivity contribution >= 4 is 15.9 Å². The van der Waals surface area contributed by atoms with Gasteiger partial charge >= 0.3 is 0 Å². The lowest BCUT2D eigenvalue weighted by molar-refractivity contribution is -0.131. The number of rotatable bonds is 7. The Bertz CT molecular complexity index is 975. The Morgan fingerprint density at radius 1 is 1.07 bits per heavy atom. The van der Waals surface area contributed by atoms with Gasteiger partial charge in [0, 0.05) is 44.0 Å². The highest BCUT2D eigenvalue weighted by Gasteiger charge is 2.29. The van der Waals surface area contributed by atoms with Crippen LogP contribution in [0.2, 0.25) is 0 Å². The van der Waals surface area contributed by atoms with Crippen molar-refractivity contribution in [2.45, 2.75) is 46.4 Å². The summed E-state index contributed by atoms with van der Waals surface area (Å²) >= 11 is 0. The van der Waals surface area contributed by atoms with E-state index in [1.54, 1.807) is 4.90 Å². The third-order valence-electron chi connectivity index (χ3n) is 5.57. The second kappa shape index (κ2) is 9.31. The zero-order valence-corrected chi connectivity index (χ0v) is 19.2. The van der Waals surface area contributed by atoms with Gasteiger partial charge in [-0.1, -0.05) is 44.2 Å². The van der Waals surface area contributed by atoms with Gasteiger partial charge in [-0.3, -0.25) is 9.48 Å². The number of hydrogen-bond donors (Lipinski definition) is 0. The van der Waals surface area contributed by atoms with E-state index in [2.05, 4.69) is 18.9 Å². The van der Waals surface area contributed by atoms with Crippen LogP contribution in [0, 0.1) is 19.8 Å². The number of sulfonamides is 1. The average molecular weight is 433 g/mol. The van der Waals surface area contributed by atoms with E-state index in [0.717, 1.165) is 29.1 Å². The maximum Gasteiger partial charge on any atom is 0.227 e. The molecule has 0 saturated carbocycles. The van der Waals surface area contributed by atoms with Gasteiger partial charge in [-0.25, -0.2) is 8.42 Å². The molecular formula is C22H32N4O3S. The van der Waals surface area contributed by atoms with Crippen LogP contribution in [0.25, 0.3) is 0 Å². The van der Waals surface area contributed by atoms with Gasteiger partial charge in [0.15, 0.2) is 0 Å². The van der Waals surface area contributed by atoms with Crippen molar-refractivity contribution in [3.05, 3.63) is 52.8 Å². The first-order valence-corrected chi connectivity index (χ1v) is 12.1. The maximum absolute atomic E-state index is 12.9. The minimum absolute atomic E-state index is 0.00475. The van der Waals surface area contributed by atoms with Crippen LogP contribution in [-0.4, -0.2) is 59.5 Å². The molecule has 1 saturated heterocycles. The van der Waals surface area contributed by atoms with Crippen molar-refractivity contribution in [1.29, 1.82) is 0 Å². The lowest BCUT2D eigenvalue weighted by Crippen LogP contribution is -2.51. The third-order valence-corrected chi connectivity index (χ3v) is 7.42. The van der Waals surface area contributed by atoms with Crippen LogP contribution in [0.15, 0.2) is 30.3 Å². The first kappa shape index (κ1) is 22.5. The summed E-state index contributed by atoms with van der Waals surface area (Å²) in [6.45, 7) is 10.6. The summed E-state index contributed by atoms with van der Waals surface area (Å²) in [7, 11) is -3.38. The number of aromatic nitrogens is 2. The summed E-state index contributed by atoms with van der Waals surface area (Å²) in [6, 6.07) is 9.20. The fourth-order valence-corrected chi connectivity index (χ4v) is 5.38. The van der Waals surface area contributed by atoms with E-state index in [9.17, 15) is 13.2 Å². The van der Waals surface area contributed by atoms with Crippen molar-refractivity contribution in [2.24, 2.45) is 5.92 Å². The second-order valence-corrected chi connectivity index (χ2v) is 10.4. The molecule has 7 nitrogen and oxygen atoms in total. The zero-order valence-electron chi connectivity index (χ0n) is 18.3. The van der Waals surface area contributed by atoms with E-state index < -0.39 is 10.0 Å². The lowest BCUT2D eigenvalue weighted by Gasteiger charge is -2.34. The zero-order chi connectivity index (χ0) is 21.9. The SMILES string of the molecule is Cc1nn(CC(C)C)c(C)c1CC(=O)N1CCN(S(=O)(=O)Cc2ccccc2)CC1. The molecule has 0 bridgehead atoms. The third kappa shape index (κ3) is 5.29. The molecular weight excluding hydrogens is 400 g/mol. The number of nitrogens with zero attached hydrogens (tertiary/aromatic N) is 4. The molecule has 0 unspecified atom stereocenters. The van der Waals surface area contributed by atoms with Crippen LogP contribution in [0.5, 0.6) is 0 Å². The van der Waals surface area contributed by atoms with Gasteiger partial charge in [-0.05, 0) is 25.3 Å². The molecule has 3 rings (SSSR count). The molecule has 8 heteroatoms. The van der Waals surface area contributed by atoms with Crippen molar-refractivity contribution in [3.8, 4) is 0 Å². The average Bonchev–Trinajstić information content (AvgIpc) is 2.95. The predicted octanol–water partition coefficient (Wildman–Crippen LogP) is 2.37. The van der Waals surface area contributed by atoms with E-state index in [1.165, 1.54) is 4.31 Å². The molecule has 0 aliphatic carbocycles. The van der Waals surface area contributed by atoms with Crippen LogP contribution in [0.3, 0.4) is 0 Å². The Balaban J connectivity index is 1.59. The molecule has 1 amide bonds. The van der Waals surface area contributed by atoms with Gasteiger partial charge < -0.3 is 4.90 Å². The molecule has 1 aromatic carbocycles. The number of benzene rings is 1. The number of hydrogen-bond acceptors (Lipinski definition) is 4. The topological polar surface area (TPSA) is 75.5 Å². The van der Waals surface area contributed by atoms with Gasteiger partial charge in [-0.15, -0.1) is 0 Å². The van der Waals surface area contributed by atoms with Crippen molar-refractivity contribution in [3.63, 3.8) is 0 Å². The minimum Gasteiger partial charge on any atom is -0.340 e. The quantitative estimate of drug-likeness (QED) is 0.673. The van der Waals surface area contributed by atoms with Gasteiger partial charge in [-0.2, -0.15) is 9.40 Å². The Labute approximate surface area is 179 Å². The van der Waals surface area contributed by atoms with Crippen LogP contribution in [0.4, 0.5) is 0 Å². The van der Waals surface area contributed by atoms with E-state index in [0.29, 0.717) is 38.5 Å². The van der Waals surface area contributed by atoms with Crippen molar-refractivity contribution in [1.82, 2.24) is 19.0 Å². The Morgan fingerprint density at radius 3 is 2.30 bits per heavy atom. The van der Waals surface area contributed by atoms with Crippen LogP contribution >= 0.6 is 0 Å². The minimum atomic E-state index is -3.38. The summed E-state index contributed by atoms with van der Waals surface area (Å²) in [5.41, 5.74) is 3.70. The molecule has 1 aromatic heterocycles. The summed E-state index contributed by atoms with van der Waals surface area (Å²) < 4.78 is 28.9. The highest BCUT2D eigenvalue weighted by Crippen LogP contribution is 2.18. The van der Waals surface area contributed by atoms with Gasteiger partial charge in [0.05, 0.1) is 17.9 Å². The van der Waals surface area contributed by atoms with E-state index in [4.69, 9.17) is 0 Å².